The van der Waals surface area contributed by atoms with Crippen molar-refractivity contribution in [2.45, 2.75) is 6.54 Å². The van der Waals surface area contributed by atoms with Crippen molar-refractivity contribution in [1.82, 2.24) is 9.88 Å². The van der Waals surface area contributed by atoms with Crippen molar-refractivity contribution in [2.24, 2.45) is 0 Å². The Labute approximate surface area is 180 Å². The molecule has 0 atom stereocenters. The fraction of sp³-hybridized carbons (Fsp3) is 0.208. The van der Waals surface area contributed by atoms with Crippen LogP contribution < -0.4 is 16.2 Å². The molecule has 0 bridgehead atoms. The first-order chi connectivity index (χ1) is 15.1. The highest BCUT2D eigenvalue weighted by Crippen LogP contribution is 2.36. The van der Waals surface area contributed by atoms with Crippen LogP contribution in [0.1, 0.15) is 16.7 Å². The molecular formula is C24H22N6O. The van der Waals surface area contributed by atoms with Gasteiger partial charge in [0.05, 0.1) is 0 Å². The van der Waals surface area contributed by atoms with E-state index in [9.17, 15) is 15.3 Å². The Morgan fingerprint density at radius 3 is 2.23 bits per heavy atom. The van der Waals surface area contributed by atoms with Crippen molar-refractivity contribution in [3.63, 3.8) is 0 Å². The highest BCUT2D eigenvalue weighted by atomic mass is 16.1. The number of benzene rings is 2. The van der Waals surface area contributed by atoms with Gasteiger partial charge in [0.1, 0.15) is 29.1 Å². The largest absolute Gasteiger partial charge is 0.384 e. The number of nitrogens with two attached hydrogens (primary N) is 1. The van der Waals surface area contributed by atoms with Gasteiger partial charge in [0.25, 0.3) is 5.56 Å². The summed E-state index contributed by atoms with van der Waals surface area (Å²) in [5.74, 6) is -0.0241. The minimum Gasteiger partial charge on any atom is -0.384 e. The minimum absolute atomic E-state index is 0.0241. The zero-order valence-corrected chi connectivity index (χ0v) is 17.0. The van der Waals surface area contributed by atoms with E-state index in [1.54, 1.807) is 0 Å². The molecule has 0 saturated carbocycles. The second-order valence-electron chi connectivity index (χ2n) is 7.48. The number of para-hydroxylation sites is 1. The highest BCUT2D eigenvalue weighted by Gasteiger charge is 2.24. The van der Waals surface area contributed by atoms with Crippen LogP contribution in [0.4, 0.5) is 11.5 Å². The Kier molecular flexibility index (Phi) is 5.70. The smallest absolute Gasteiger partial charge is 0.268 e. The molecule has 1 aromatic heterocycles. The van der Waals surface area contributed by atoms with Gasteiger partial charge in [-0.05, 0) is 11.6 Å². The summed E-state index contributed by atoms with van der Waals surface area (Å²) in [6, 6.07) is 21.9. The average molecular weight is 410 g/mol. The van der Waals surface area contributed by atoms with Crippen molar-refractivity contribution >= 4 is 11.5 Å². The van der Waals surface area contributed by atoms with Crippen LogP contribution in [-0.2, 0) is 6.54 Å². The number of rotatable bonds is 4. The van der Waals surface area contributed by atoms with E-state index in [1.807, 2.05) is 36.4 Å². The number of aromatic nitrogens is 1. The number of aromatic amines is 1. The molecule has 1 saturated heterocycles. The Hall–Kier alpha value is -4.07. The third kappa shape index (κ3) is 4.00. The maximum Gasteiger partial charge on any atom is 0.268 e. The number of nitrogens with one attached hydrogen (secondary N) is 1. The van der Waals surface area contributed by atoms with Crippen LogP contribution in [0.15, 0.2) is 59.4 Å². The number of pyridine rings is 1. The van der Waals surface area contributed by atoms with E-state index < -0.39 is 5.56 Å². The number of nitriles is 2. The lowest BCUT2D eigenvalue weighted by Crippen LogP contribution is -2.46. The minimum atomic E-state index is -0.587. The van der Waals surface area contributed by atoms with Gasteiger partial charge in [-0.25, -0.2) is 0 Å². The first-order valence-corrected chi connectivity index (χ1v) is 10.1. The van der Waals surface area contributed by atoms with Crippen molar-refractivity contribution in [2.75, 3.05) is 36.8 Å². The summed E-state index contributed by atoms with van der Waals surface area (Å²) < 4.78 is 0. The fourth-order valence-corrected chi connectivity index (χ4v) is 4.06. The zero-order chi connectivity index (χ0) is 21.8. The highest BCUT2D eigenvalue weighted by molar-refractivity contribution is 5.87. The summed E-state index contributed by atoms with van der Waals surface area (Å²) in [6.07, 6.45) is 0. The van der Waals surface area contributed by atoms with Gasteiger partial charge in [-0.1, -0.05) is 48.5 Å². The first kappa shape index (κ1) is 20.2. The molecule has 1 aliphatic heterocycles. The molecule has 2 aromatic carbocycles. The molecule has 0 aliphatic carbocycles. The molecule has 2 heterocycles. The van der Waals surface area contributed by atoms with E-state index in [4.69, 9.17) is 5.73 Å². The van der Waals surface area contributed by atoms with Gasteiger partial charge in [-0.15, -0.1) is 0 Å². The third-order valence-electron chi connectivity index (χ3n) is 5.60. The molecule has 154 valence electrons. The van der Waals surface area contributed by atoms with Crippen molar-refractivity contribution in [3.8, 4) is 23.3 Å². The van der Waals surface area contributed by atoms with E-state index in [0.717, 1.165) is 38.4 Å². The van der Waals surface area contributed by atoms with E-state index >= 15 is 0 Å². The van der Waals surface area contributed by atoms with E-state index in [1.165, 1.54) is 5.56 Å². The Morgan fingerprint density at radius 1 is 0.903 bits per heavy atom. The number of nitrogens with zero attached hydrogens (tertiary/aromatic N) is 4. The fourth-order valence-electron chi connectivity index (χ4n) is 4.06. The van der Waals surface area contributed by atoms with Gasteiger partial charge in [-0.2, -0.15) is 10.5 Å². The standard InChI is InChI=1S/C24H22N6O/c25-14-19-22(20(15-26)24(31)28-23(19)27)18-8-4-5-9-21(18)30-12-10-29(11-13-30)16-17-6-2-1-3-7-17/h1-9H,10-13,16H2,(H3,27,28,31). The molecule has 7 nitrogen and oxygen atoms in total. The van der Waals surface area contributed by atoms with E-state index in [0.29, 0.717) is 11.1 Å². The molecule has 0 amide bonds. The lowest BCUT2D eigenvalue weighted by Gasteiger charge is -2.37. The molecule has 1 fully saturated rings. The maximum atomic E-state index is 12.3. The van der Waals surface area contributed by atoms with Gasteiger partial charge >= 0.3 is 0 Å². The molecule has 3 aromatic rings. The summed E-state index contributed by atoms with van der Waals surface area (Å²) in [5, 5.41) is 19.3. The van der Waals surface area contributed by atoms with Crippen LogP contribution in [0.25, 0.3) is 11.1 Å². The molecule has 4 rings (SSSR count). The molecule has 3 N–H and O–H groups in total. The Morgan fingerprint density at radius 2 is 1.55 bits per heavy atom. The predicted molar refractivity (Wildman–Crippen MR) is 120 cm³/mol. The number of hydrogen-bond acceptors (Lipinski definition) is 6. The second kappa shape index (κ2) is 8.74. The lowest BCUT2D eigenvalue weighted by atomic mass is 9.94. The van der Waals surface area contributed by atoms with Gasteiger partial charge in [0, 0.05) is 49.5 Å². The van der Waals surface area contributed by atoms with Crippen LogP contribution in [0.3, 0.4) is 0 Å². The topological polar surface area (TPSA) is 113 Å². The summed E-state index contributed by atoms with van der Waals surface area (Å²) in [7, 11) is 0. The monoisotopic (exact) mass is 410 g/mol. The lowest BCUT2D eigenvalue weighted by molar-refractivity contribution is 0.250. The summed E-state index contributed by atoms with van der Waals surface area (Å²) in [4.78, 5) is 19.4. The number of nitrogen functional groups attached to an aromatic ring is 1. The van der Waals surface area contributed by atoms with Gasteiger partial charge in [-0.3, -0.25) is 9.69 Å². The van der Waals surface area contributed by atoms with Crippen molar-refractivity contribution < 1.29 is 0 Å². The van der Waals surface area contributed by atoms with Gasteiger partial charge in [0.2, 0.25) is 0 Å². The molecule has 31 heavy (non-hydrogen) atoms. The normalized spacial score (nSPS) is 14.1. The van der Waals surface area contributed by atoms with Gasteiger partial charge < -0.3 is 15.6 Å². The summed E-state index contributed by atoms with van der Waals surface area (Å²) in [6.45, 7) is 4.27. The van der Waals surface area contributed by atoms with Crippen LogP contribution in [0, 0.1) is 22.7 Å². The van der Waals surface area contributed by atoms with Crippen molar-refractivity contribution in [3.05, 3.63) is 81.6 Å². The molecule has 0 spiro atoms. The maximum absolute atomic E-state index is 12.3. The van der Waals surface area contributed by atoms with Gasteiger partial charge in [0.15, 0.2) is 0 Å². The first-order valence-electron chi connectivity index (χ1n) is 10.1. The molecule has 0 unspecified atom stereocenters. The van der Waals surface area contributed by atoms with Crippen LogP contribution >= 0.6 is 0 Å². The number of anilines is 2. The SMILES string of the molecule is N#Cc1c(N)[nH]c(=O)c(C#N)c1-c1ccccc1N1CCN(Cc2ccccc2)CC1. The molecular weight excluding hydrogens is 388 g/mol. The number of piperazine rings is 1. The van der Waals surface area contributed by atoms with Crippen LogP contribution in [-0.4, -0.2) is 36.1 Å². The van der Waals surface area contributed by atoms with E-state index in [-0.39, 0.29) is 16.9 Å². The molecule has 1 aliphatic rings. The number of hydrogen-bond donors (Lipinski definition) is 2. The molecule has 0 radical (unpaired) electrons. The summed E-state index contributed by atoms with van der Waals surface area (Å²) >= 11 is 0. The predicted octanol–water partition coefficient (Wildman–Crippen LogP) is 2.69. The van der Waals surface area contributed by atoms with Crippen LogP contribution in [0.5, 0.6) is 0 Å². The Balaban J connectivity index is 1.65. The zero-order valence-electron chi connectivity index (χ0n) is 17.0. The van der Waals surface area contributed by atoms with Crippen molar-refractivity contribution in [1.29, 1.82) is 10.5 Å². The third-order valence-corrected chi connectivity index (χ3v) is 5.60. The quantitative estimate of drug-likeness (QED) is 0.684. The second-order valence-corrected chi connectivity index (χ2v) is 7.48. The van der Waals surface area contributed by atoms with E-state index in [2.05, 4.69) is 45.1 Å². The summed E-state index contributed by atoms with van der Waals surface area (Å²) in [5.41, 5.74) is 8.48. The number of H-pyrrole nitrogens is 1. The van der Waals surface area contributed by atoms with Crippen LogP contribution in [0.2, 0.25) is 0 Å². The molecule has 7 heteroatoms. The average Bonchev–Trinajstić information content (AvgIpc) is 2.80. The Bertz CT molecular complexity index is 1230.